The van der Waals surface area contributed by atoms with Crippen LogP contribution in [0.25, 0.3) is 22.3 Å². The van der Waals surface area contributed by atoms with Crippen molar-refractivity contribution in [2.75, 3.05) is 6.54 Å². The lowest BCUT2D eigenvalue weighted by molar-refractivity contribution is 0.103. The highest BCUT2D eigenvalue weighted by Gasteiger charge is 2.17. The molecule has 7 nitrogen and oxygen atoms in total. The largest absolute Gasteiger partial charge is 0.288 e. The average Bonchev–Trinajstić information content (AvgIpc) is 2.82. The van der Waals surface area contributed by atoms with Crippen molar-refractivity contribution in [2.24, 2.45) is 0 Å². The van der Waals surface area contributed by atoms with E-state index in [0.717, 1.165) is 5.56 Å². The smallest absolute Gasteiger partial charge is 0.201 e. The van der Waals surface area contributed by atoms with Crippen molar-refractivity contribution in [1.82, 2.24) is 19.7 Å². The highest BCUT2D eigenvalue weighted by molar-refractivity contribution is 7.70. The van der Waals surface area contributed by atoms with Gasteiger partial charge in [-0.15, -0.1) is 0 Å². The standard InChI is InChI=1S/C23H19FN4O3S/c24-22-15(5-3-11-27-32(30)31)4-1-7-18(22)23(29)16-8-9-19-20(12-16)28-21(14-26-19)17-6-2-10-25-13-17/h1-2,4,6-10,12-14,32H,3,5,11H2,(H,27,30,31). The van der Waals surface area contributed by atoms with Crippen LogP contribution in [0.4, 0.5) is 4.39 Å². The maximum Gasteiger partial charge on any atom is 0.201 e. The van der Waals surface area contributed by atoms with Crippen LogP contribution < -0.4 is 4.72 Å². The zero-order valence-corrected chi connectivity index (χ0v) is 17.8. The summed E-state index contributed by atoms with van der Waals surface area (Å²) in [5, 5.41) is 0. The second kappa shape index (κ2) is 9.71. The van der Waals surface area contributed by atoms with Crippen molar-refractivity contribution in [3.05, 3.63) is 89.6 Å². The molecular formula is C23H19FN4O3S. The van der Waals surface area contributed by atoms with E-state index in [1.165, 1.54) is 6.07 Å². The zero-order chi connectivity index (χ0) is 22.5. The molecule has 0 radical (unpaired) electrons. The molecule has 0 aliphatic heterocycles. The van der Waals surface area contributed by atoms with Crippen LogP contribution in [-0.4, -0.2) is 35.7 Å². The van der Waals surface area contributed by atoms with Gasteiger partial charge >= 0.3 is 0 Å². The van der Waals surface area contributed by atoms with Gasteiger partial charge in [0.15, 0.2) is 5.78 Å². The van der Waals surface area contributed by atoms with Crippen molar-refractivity contribution in [3.63, 3.8) is 0 Å². The fourth-order valence-electron chi connectivity index (χ4n) is 3.36. The van der Waals surface area contributed by atoms with E-state index in [1.807, 2.05) is 6.07 Å². The predicted octanol–water partition coefficient (Wildman–Crippen LogP) is 3.11. The van der Waals surface area contributed by atoms with Gasteiger partial charge in [0.25, 0.3) is 0 Å². The lowest BCUT2D eigenvalue weighted by Crippen LogP contribution is -2.14. The van der Waals surface area contributed by atoms with Crippen LogP contribution in [0, 0.1) is 5.82 Å². The minimum Gasteiger partial charge on any atom is -0.288 e. The molecule has 0 unspecified atom stereocenters. The van der Waals surface area contributed by atoms with E-state index in [4.69, 9.17) is 0 Å². The third-order valence-corrected chi connectivity index (χ3v) is 5.43. The van der Waals surface area contributed by atoms with Gasteiger partial charge in [-0.1, -0.05) is 12.1 Å². The third-order valence-electron chi connectivity index (χ3n) is 4.95. The number of carbonyl (C=O) groups excluding carboxylic acids is 1. The molecule has 0 spiro atoms. The molecule has 4 aromatic rings. The van der Waals surface area contributed by atoms with Crippen LogP contribution in [0.5, 0.6) is 0 Å². The van der Waals surface area contributed by atoms with Gasteiger partial charge in [0.1, 0.15) is 5.82 Å². The number of aromatic nitrogens is 3. The number of aryl methyl sites for hydroxylation is 1. The second-order valence-corrected chi connectivity index (χ2v) is 7.91. The summed E-state index contributed by atoms with van der Waals surface area (Å²) in [5.41, 5.74) is 3.18. The number of nitrogens with one attached hydrogen (secondary N) is 1. The van der Waals surface area contributed by atoms with Gasteiger partial charge in [-0.05, 0) is 54.8 Å². The van der Waals surface area contributed by atoms with Gasteiger partial charge in [0, 0.05) is 30.1 Å². The number of hydrogen-bond acceptors (Lipinski definition) is 6. The minimum absolute atomic E-state index is 0.0407. The topological polar surface area (TPSA) is 102 Å². The zero-order valence-electron chi connectivity index (χ0n) is 16.9. The van der Waals surface area contributed by atoms with Crippen LogP contribution in [0.3, 0.4) is 0 Å². The Kier molecular flexibility index (Phi) is 6.58. The lowest BCUT2D eigenvalue weighted by atomic mass is 9.98. The van der Waals surface area contributed by atoms with Gasteiger partial charge in [-0.25, -0.2) is 22.5 Å². The second-order valence-electron chi connectivity index (χ2n) is 7.08. The van der Waals surface area contributed by atoms with Crippen LogP contribution in [0.15, 0.2) is 67.1 Å². The SMILES string of the molecule is O=C(c1ccc2ncc(-c3cccnc3)nc2c1)c1cccc(CCCN[SH](=O)=O)c1F. The Balaban J connectivity index is 1.61. The van der Waals surface area contributed by atoms with E-state index in [-0.39, 0.29) is 12.1 Å². The summed E-state index contributed by atoms with van der Waals surface area (Å²) in [6.07, 6.45) is 5.71. The van der Waals surface area contributed by atoms with Crippen LogP contribution in [-0.2, 0) is 17.3 Å². The first kappa shape index (κ1) is 21.7. The maximum atomic E-state index is 15.0. The molecule has 0 saturated heterocycles. The van der Waals surface area contributed by atoms with Gasteiger partial charge < -0.3 is 0 Å². The molecule has 0 saturated carbocycles. The Morgan fingerprint density at radius 1 is 1.03 bits per heavy atom. The van der Waals surface area contributed by atoms with Crippen molar-refractivity contribution < 1.29 is 17.6 Å². The Hall–Kier alpha value is -3.56. The number of thiol groups is 1. The fraction of sp³-hybridized carbons (Fsp3) is 0.130. The molecule has 0 fully saturated rings. The normalized spacial score (nSPS) is 11.2. The quantitative estimate of drug-likeness (QED) is 0.243. The van der Waals surface area contributed by atoms with E-state index < -0.39 is 22.5 Å². The van der Waals surface area contributed by atoms with Crippen LogP contribution in [0.2, 0.25) is 0 Å². The van der Waals surface area contributed by atoms with E-state index >= 15 is 0 Å². The molecule has 162 valence electrons. The summed E-state index contributed by atoms with van der Waals surface area (Å²) in [4.78, 5) is 26.1. The molecule has 2 heterocycles. The number of fused-ring (bicyclic) bond motifs is 1. The Labute approximate surface area is 185 Å². The number of ketones is 1. The van der Waals surface area contributed by atoms with E-state index in [9.17, 15) is 17.6 Å². The van der Waals surface area contributed by atoms with Crippen LogP contribution in [0.1, 0.15) is 27.9 Å². The van der Waals surface area contributed by atoms with Gasteiger partial charge in [-0.2, -0.15) is 0 Å². The molecule has 0 atom stereocenters. The molecule has 9 heteroatoms. The number of halogens is 1. The molecule has 1 N–H and O–H groups in total. The first-order valence-electron chi connectivity index (χ1n) is 9.90. The number of pyridine rings is 1. The monoisotopic (exact) mass is 450 g/mol. The summed E-state index contributed by atoms with van der Waals surface area (Å²) in [6, 6.07) is 13.2. The highest BCUT2D eigenvalue weighted by atomic mass is 32.2. The molecule has 2 aromatic heterocycles. The Morgan fingerprint density at radius 2 is 1.91 bits per heavy atom. The number of nitrogens with zero attached hydrogens (tertiary/aromatic N) is 3. The predicted molar refractivity (Wildman–Crippen MR) is 119 cm³/mol. The number of hydrogen-bond donors (Lipinski definition) is 2. The summed E-state index contributed by atoms with van der Waals surface area (Å²) >= 11 is 0. The van der Waals surface area contributed by atoms with E-state index in [1.54, 1.807) is 55.0 Å². The Morgan fingerprint density at radius 3 is 2.69 bits per heavy atom. The minimum atomic E-state index is -2.68. The summed E-state index contributed by atoms with van der Waals surface area (Å²) in [7, 11) is -2.68. The molecule has 2 aromatic carbocycles. The lowest BCUT2D eigenvalue weighted by Gasteiger charge is -2.09. The van der Waals surface area contributed by atoms with Gasteiger partial charge in [0.2, 0.25) is 10.9 Å². The average molecular weight is 450 g/mol. The molecule has 0 bridgehead atoms. The highest BCUT2D eigenvalue weighted by Crippen LogP contribution is 2.22. The summed E-state index contributed by atoms with van der Waals surface area (Å²) in [5.74, 6) is -1.06. The van der Waals surface area contributed by atoms with Gasteiger partial charge in [0.05, 0.1) is 28.5 Å². The van der Waals surface area contributed by atoms with Crippen molar-refractivity contribution in [1.29, 1.82) is 0 Å². The summed E-state index contributed by atoms with van der Waals surface area (Å²) < 4.78 is 38.4. The first-order valence-corrected chi connectivity index (χ1v) is 11.1. The molecular weight excluding hydrogens is 431 g/mol. The molecule has 0 aliphatic carbocycles. The third kappa shape index (κ3) is 4.84. The van der Waals surface area contributed by atoms with Crippen molar-refractivity contribution in [3.8, 4) is 11.3 Å². The number of benzene rings is 2. The summed E-state index contributed by atoms with van der Waals surface area (Å²) in [6.45, 7) is 0.207. The van der Waals surface area contributed by atoms with E-state index in [2.05, 4.69) is 19.7 Å². The molecule has 4 rings (SSSR count). The Bertz CT molecular complexity index is 1350. The number of rotatable bonds is 8. The van der Waals surface area contributed by atoms with Crippen molar-refractivity contribution in [2.45, 2.75) is 12.8 Å². The molecule has 32 heavy (non-hydrogen) atoms. The molecule has 0 amide bonds. The molecule has 0 aliphatic rings. The first-order chi connectivity index (χ1) is 15.5. The fourth-order valence-corrected chi connectivity index (χ4v) is 3.70. The number of carbonyl (C=O) groups is 1. The van der Waals surface area contributed by atoms with Crippen LogP contribution >= 0.6 is 0 Å². The van der Waals surface area contributed by atoms with Crippen molar-refractivity contribution >= 4 is 27.7 Å². The van der Waals surface area contributed by atoms with E-state index in [0.29, 0.717) is 40.7 Å². The maximum absolute atomic E-state index is 15.0. The van der Waals surface area contributed by atoms with Gasteiger partial charge in [-0.3, -0.25) is 14.8 Å².